The molecule has 0 aromatic heterocycles. The number of nitrogens with zero attached hydrogens (tertiary/aromatic N) is 2. The fraction of sp³-hybridized carbons (Fsp3) is 0.634. The van der Waals surface area contributed by atoms with E-state index in [1.807, 2.05) is 81.8 Å². The van der Waals surface area contributed by atoms with E-state index in [1.54, 1.807) is 0 Å². The standard InChI is InChI=1S/C41H67N2O7P/c1-5-6-7-8-9-10-11-12-13-14-15-16-17-18-19-26-32-47-37-40(50-51(45,46)49-33-31-43(2,3)4)35-42(34-38-27-22-20-23-28-38)41(44)48-36-39-29-24-21-25-30-39/h12-13,20-25,27-30,40H,5-11,14-19,26,31-37H2,1-4H3/p+1. The van der Waals surface area contributed by atoms with Gasteiger partial charge in [-0.1, -0.05) is 138 Å². The van der Waals surface area contributed by atoms with Gasteiger partial charge in [-0.3, -0.25) is 9.05 Å². The van der Waals surface area contributed by atoms with Gasteiger partial charge in [0, 0.05) is 13.2 Å². The number of benzene rings is 2. The molecule has 2 atom stereocenters. The van der Waals surface area contributed by atoms with Crippen LogP contribution in [-0.2, 0) is 36.2 Å². The minimum atomic E-state index is -4.43. The average molecular weight is 732 g/mol. The maximum Gasteiger partial charge on any atom is 0.472 e. The molecule has 2 aromatic rings. The Morgan fingerprint density at radius 3 is 1.92 bits per heavy atom. The summed E-state index contributed by atoms with van der Waals surface area (Å²) in [6.45, 7) is 3.69. The molecule has 288 valence electrons. The lowest BCUT2D eigenvalue weighted by Gasteiger charge is -2.29. The van der Waals surface area contributed by atoms with Crippen molar-refractivity contribution in [2.45, 2.75) is 116 Å². The molecule has 2 rings (SSSR count). The molecule has 1 amide bonds. The summed E-state index contributed by atoms with van der Waals surface area (Å²) in [4.78, 5) is 25.5. The molecule has 0 fully saturated rings. The Morgan fingerprint density at radius 2 is 1.33 bits per heavy atom. The highest BCUT2D eigenvalue weighted by Crippen LogP contribution is 2.44. The molecule has 0 heterocycles. The minimum absolute atomic E-state index is 0.0147. The third-order valence-corrected chi connectivity index (χ3v) is 9.58. The van der Waals surface area contributed by atoms with Crippen LogP contribution in [0.25, 0.3) is 0 Å². The summed E-state index contributed by atoms with van der Waals surface area (Å²) in [6.07, 6.45) is 20.5. The molecule has 2 unspecified atom stereocenters. The second-order valence-electron chi connectivity index (χ2n) is 14.5. The first-order chi connectivity index (χ1) is 24.6. The van der Waals surface area contributed by atoms with Crippen molar-refractivity contribution in [3.05, 3.63) is 83.9 Å². The van der Waals surface area contributed by atoms with Crippen molar-refractivity contribution in [1.29, 1.82) is 0 Å². The Morgan fingerprint density at radius 1 is 0.784 bits per heavy atom. The Hall–Kier alpha value is -2.52. The zero-order chi connectivity index (χ0) is 37.0. The van der Waals surface area contributed by atoms with Crippen LogP contribution in [0.2, 0.25) is 0 Å². The van der Waals surface area contributed by atoms with Gasteiger partial charge >= 0.3 is 13.9 Å². The highest BCUT2D eigenvalue weighted by Gasteiger charge is 2.31. The quantitative estimate of drug-likeness (QED) is 0.0370. The molecule has 9 nitrogen and oxygen atoms in total. The van der Waals surface area contributed by atoms with Crippen molar-refractivity contribution in [3.8, 4) is 0 Å². The lowest BCUT2D eigenvalue weighted by Crippen LogP contribution is -2.40. The number of rotatable bonds is 30. The van der Waals surface area contributed by atoms with Gasteiger partial charge in [0.2, 0.25) is 0 Å². The zero-order valence-electron chi connectivity index (χ0n) is 32.1. The summed E-state index contributed by atoms with van der Waals surface area (Å²) < 4.78 is 36.2. The van der Waals surface area contributed by atoms with E-state index in [0.29, 0.717) is 17.6 Å². The Bertz CT molecular complexity index is 1220. The Balaban J connectivity index is 1.84. The molecule has 0 bridgehead atoms. The first-order valence-corrected chi connectivity index (χ1v) is 20.8. The lowest BCUT2D eigenvalue weighted by atomic mass is 10.1. The molecule has 0 aliphatic heterocycles. The molecule has 0 saturated carbocycles. The van der Waals surface area contributed by atoms with E-state index < -0.39 is 20.0 Å². The van der Waals surface area contributed by atoms with Crippen LogP contribution in [0.4, 0.5) is 4.79 Å². The first-order valence-electron chi connectivity index (χ1n) is 19.3. The number of amides is 1. The molecule has 0 spiro atoms. The van der Waals surface area contributed by atoms with Crippen LogP contribution >= 0.6 is 7.82 Å². The molecule has 2 aromatic carbocycles. The number of quaternary nitrogens is 1. The maximum atomic E-state index is 13.4. The van der Waals surface area contributed by atoms with Crippen LogP contribution in [0.5, 0.6) is 0 Å². The van der Waals surface area contributed by atoms with Crippen molar-refractivity contribution in [2.24, 2.45) is 0 Å². The minimum Gasteiger partial charge on any atom is -0.445 e. The Labute approximate surface area is 309 Å². The van der Waals surface area contributed by atoms with Gasteiger partial charge < -0.3 is 23.8 Å². The Kier molecular flexibility index (Phi) is 23.8. The number of ether oxygens (including phenoxy) is 2. The third kappa shape index (κ3) is 24.4. The van der Waals surface area contributed by atoms with E-state index in [4.69, 9.17) is 18.5 Å². The summed E-state index contributed by atoms with van der Waals surface area (Å²) >= 11 is 0. The second-order valence-corrected chi connectivity index (χ2v) is 15.9. The second kappa shape index (κ2) is 27.1. The fourth-order valence-corrected chi connectivity index (χ4v) is 6.37. The molecule has 0 saturated heterocycles. The van der Waals surface area contributed by atoms with E-state index in [9.17, 15) is 14.3 Å². The van der Waals surface area contributed by atoms with Crippen molar-refractivity contribution >= 4 is 13.9 Å². The smallest absolute Gasteiger partial charge is 0.445 e. The van der Waals surface area contributed by atoms with Gasteiger partial charge in [-0.25, -0.2) is 9.36 Å². The zero-order valence-corrected chi connectivity index (χ0v) is 33.0. The van der Waals surface area contributed by atoms with Crippen LogP contribution in [0, 0.1) is 0 Å². The third-order valence-electron chi connectivity index (χ3n) is 8.51. The van der Waals surface area contributed by atoms with Gasteiger partial charge in [-0.2, -0.15) is 0 Å². The predicted octanol–water partition coefficient (Wildman–Crippen LogP) is 10.1. The van der Waals surface area contributed by atoms with Crippen LogP contribution in [0.1, 0.15) is 108 Å². The van der Waals surface area contributed by atoms with Gasteiger partial charge in [0.05, 0.1) is 34.3 Å². The van der Waals surface area contributed by atoms with E-state index >= 15 is 0 Å². The number of phosphoric acid groups is 1. The number of unbranched alkanes of at least 4 members (excludes halogenated alkanes) is 12. The van der Waals surface area contributed by atoms with E-state index in [1.165, 1.54) is 69.1 Å². The normalized spacial score (nSPS) is 13.7. The number of hydrogen-bond acceptors (Lipinski definition) is 6. The highest BCUT2D eigenvalue weighted by atomic mass is 31.2. The number of allylic oxidation sites excluding steroid dienone is 2. The largest absolute Gasteiger partial charge is 0.472 e. The van der Waals surface area contributed by atoms with Crippen LogP contribution in [0.3, 0.4) is 0 Å². The van der Waals surface area contributed by atoms with Crippen LogP contribution in [0.15, 0.2) is 72.8 Å². The molecule has 1 N–H and O–H groups in total. The molecular formula is C41H68N2O7P+. The fourth-order valence-electron chi connectivity index (χ4n) is 5.50. The van der Waals surface area contributed by atoms with Crippen molar-refractivity contribution in [2.75, 3.05) is 54.1 Å². The molecule has 0 radical (unpaired) electrons. The first kappa shape index (κ1) is 44.6. The predicted molar refractivity (Wildman–Crippen MR) is 207 cm³/mol. The van der Waals surface area contributed by atoms with Gasteiger partial charge in [-0.15, -0.1) is 0 Å². The summed E-state index contributed by atoms with van der Waals surface area (Å²) in [7, 11) is 1.49. The average Bonchev–Trinajstić information content (AvgIpc) is 3.09. The number of carbonyl (C=O) groups is 1. The summed E-state index contributed by atoms with van der Waals surface area (Å²) in [5.41, 5.74) is 1.76. The van der Waals surface area contributed by atoms with E-state index in [-0.39, 0.29) is 32.9 Å². The molecule has 10 heteroatoms. The van der Waals surface area contributed by atoms with Gasteiger partial charge in [0.15, 0.2) is 0 Å². The van der Waals surface area contributed by atoms with Crippen LogP contribution in [-0.4, -0.2) is 80.5 Å². The lowest BCUT2D eigenvalue weighted by molar-refractivity contribution is -0.870. The number of likely N-dealkylation sites (N-methyl/N-ethyl adjacent to an activating group) is 1. The van der Waals surface area contributed by atoms with Gasteiger partial charge in [0.25, 0.3) is 0 Å². The molecule has 0 aliphatic carbocycles. The molecular weight excluding hydrogens is 663 g/mol. The SMILES string of the molecule is CCCCCCCCC=CCCCCCCCCOCC(CN(Cc1ccccc1)C(=O)OCc1ccccc1)OP(=O)(O)OCC[N+](C)(C)C. The highest BCUT2D eigenvalue weighted by molar-refractivity contribution is 7.47. The monoisotopic (exact) mass is 731 g/mol. The topological polar surface area (TPSA) is 94.5 Å². The van der Waals surface area contributed by atoms with Crippen LogP contribution < -0.4 is 0 Å². The summed E-state index contributed by atoms with van der Waals surface area (Å²) in [5, 5.41) is 0. The maximum absolute atomic E-state index is 13.4. The number of hydrogen-bond donors (Lipinski definition) is 1. The summed E-state index contributed by atoms with van der Waals surface area (Å²) in [6, 6.07) is 19.0. The van der Waals surface area contributed by atoms with E-state index in [2.05, 4.69) is 19.1 Å². The number of phosphoric ester groups is 1. The molecule has 0 aliphatic rings. The van der Waals surface area contributed by atoms with Crippen molar-refractivity contribution < 1.29 is 37.3 Å². The van der Waals surface area contributed by atoms with Gasteiger partial charge in [-0.05, 0) is 43.2 Å². The van der Waals surface area contributed by atoms with E-state index in [0.717, 1.165) is 36.8 Å². The molecule has 51 heavy (non-hydrogen) atoms. The van der Waals surface area contributed by atoms with Crippen molar-refractivity contribution in [3.63, 3.8) is 0 Å². The number of carbonyl (C=O) groups excluding carboxylic acids is 1. The summed E-state index contributed by atoms with van der Waals surface area (Å²) in [5.74, 6) is 0. The van der Waals surface area contributed by atoms with Gasteiger partial charge in [0.1, 0.15) is 25.9 Å². The van der Waals surface area contributed by atoms with Crippen molar-refractivity contribution in [1.82, 2.24) is 4.90 Å².